The Labute approximate surface area is 131 Å². The van der Waals surface area contributed by atoms with Crippen LogP contribution in [-0.4, -0.2) is 60.1 Å². The number of aliphatic hydroxyl groups is 1. The van der Waals surface area contributed by atoms with Gasteiger partial charge in [-0.3, -0.25) is 9.46 Å². The van der Waals surface area contributed by atoms with E-state index in [0.29, 0.717) is 0 Å². The molecule has 1 heterocycles. The summed E-state index contributed by atoms with van der Waals surface area (Å²) in [6.45, 7) is 8.51. The van der Waals surface area contributed by atoms with Crippen molar-refractivity contribution >= 4 is 13.7 Å². The van der Waals surface area contributed by atoms with Crippen molar-refractivity contribution in [1.82, 2.24) is 4.90 Å². The third-order valence-corrected chi connectivity index (χ3v) is 5.30. The van der Waals surface area contributed by atoms with E-state index in [1.165, 1.54) is 19.1 Å². The van der Waals surface area contributed by atoms with E-state index in [2.05, 4.69) is 0 Å². The maximum atomic E-state index is 12.4. The summed E-state index contributed by atoms with van der Waals surface area (Å²) in [5, 5.41) is 10.4. The number of aliphatic hydroxyl groups excluding tert-OH is 1. The molecule has 0 saturated carbocycles. The van der Waals surface area contributed by atoms with Crippen LogP contribution in [0.2, 0.25) is 0 Å². The fourth-order valence-corrected chi connectivity index (χ4v) is 3.44. The van der Waals surface area contributed by atoms with Gasteiger partial charge in [0.2, 0.25) is 0 Å². The lowest BCUT2D eigenvalue weighted by molar-refractivity contribution is -0.0657. The molecule has 0 aromatic rings. The normalized spacial score (nSPS) is 23.5. The molecule has 0 spiro atoms. The minimum Gasteiger partial charge on any atom is -0.444 e. The Bertz CT molecular complexity index is 452. The molecule has 1 aliphatic heterocycles. The Morgan fingerprint density at radius 1 is 1.36 bits per heavy atom. The van der Waals surface area contributed by atoms with Gasteiger partial charge in [0.05, 0.1) is 12.6 Å². The average molecular weight is 339 g/mol. The Hall–Kier alpha value is -0.660. The highest BCUT2D eigenvalue weighted by atomic mass is 31.2. The summed E-state index contributed by atoms with van der Waals surface area (Å²) in [5.41, 5.74) is -1.72. The molecule has 0 unspecified atom stereocenters. The van der Waals surface area contributed by atoms with E-state index in [1.807, 2.05) is 0 Å². The summed E-state index contributed by atoms with van der Waals surface area (Å²) >= 11 is 0. The van der Waals surface area contributed by atoms with Gasteiger partial charge in [0, 0.05) is 14.2 Å². The first kappa shape index (κ1) is 19.4. The van der Waals surface area contributed by atoms with E-state index in [1.54, 1.807) is 34.6 Å². The highest BCUT2D eigenvalue weighted by Gasteiger charge is 2.53. The topological polar surface area (TPSA) is 94.5 Å². The lowest BCUT2D eigenvalue weighted by Gasteiger charge is -2.37. The number of carbonyl (C=O) groups is 1. The van der Waals surface area contributed by atoms with Gasteiger partial charge in [0.25, 0.3) is 0 Å². The molecule has 0 radical (unpaired) electrons. The van der Waals surface area contributed by atoms with Crippen molar-refractivity contribution < 1.29 is 33.0 Å². The predicted octanol–water partition coefficient (Wildman–Crippen LogP) is 2.16. The van der Waals surface area contributed by atoms with E-state index in [9.17, 15) is 14.5 Å². The first-order valence-electron chi connectivity index (χ1n) is 6.93. The van der Waals surface area contributed by atoms with E-state index in [4.69, 9.17) is 18.5 Å². The third-order valence-electron chi connectivity index (χ3n) is 3.29. The molecular formula is C13H26NO7P. The lowest BCUT2D eigenvalue weighted by atomic mass is 10.2. The molecule has 1 amide bonds. The zero-order chi connectivity index (χ0) is 17.3. The molecule has 0 aromatic carbocycles. The average Bonchev–Trinajstić information content (AvgIpc) is 2.70. The second-order valence-corrected chi connectivity index (χ2v) is 8.83. The molecule has 22 heavy (non-hydrogen) atoms. The zero-order valence-corrected chi connectivity index (χ0v) is 15.0. The molecule has 1 aliphatic rings. The first-order chi connectivity index (χ1) is 9.88. The van der Waals surface area contributed by atoms with Gasteiger partial charge in [-0.2, -0.15) is 0 Å². The summed E-state index contributed by atoms with van der Waals surface area (Å²) in [6.07, 6.45) is -0.669. The van der Waals surface area contributed by atoms with Crippen molar-refractivity contribution in [3.05, 3.63) is 0 Å². The fraction of sp³-hybridized carbons (Fsp3) is 0.923. The molecule has 2 atom stereocenters. The summed E-state index contributed by atoms with van der Waals surface area (Å²) in [6, 6.07) is -0.907. The molecule has 8 nitrogen and oxygen atoms in total. The maximum Gasteiger partial charge on any atom is 0.413 e. The molecule has 0 aliphatic carbocycles. The van der Waals surface area contributed by atoms with Crippen molar-refractivity contribution in [2.45, 2.75) is 57.8 Å². The monoisotopic (exact) mass is 339 g/mol. The Balaban J connectivity index is 3.09. The van der Waals surface area contributed by atoms with Crippen LogP contribution in [0.25, 0.3) is 0 Å². The molecule has 1 saturated heterocycles. The van der Waals surface area contributed by atoms with Gasteiger partial charge in [-0.15, -0.1) is 0 Å². The Morgan fingerprint density at radius 3 is 2.27 bits per heavy atom. The highest BCUT2D eigenvalue weighted by molar-refractivity contribution is 7.54. The second-order valence-electron chi connectivity index (χ2n) is 6.49. The predicted molar refractivity (Wildman–Crippen MR) is 79.5 cm³/mol. The van der Waals surface area contributed by atoms with Crippen LogP contribution in [0.4, 0.5) is 4.79 Å². The van der Waals surface area contributed by atoms with Gasteiger partial charge in [-0.1, -0.05) is 0 Å². The molecular weight excluding hydrogens is 313 g/mol. The van der Waals surface area contributed by atoms with Gasteiger partial charge in [-0.25, -0.2) is 4.79 Å². The summed E-state index contributed by atoms with van der Waals surface area (Å²) in [4.78, 5) is 13.7. The van der Waals surface area contributed by atoms with Crippen LogP contribution in [-0.2, 0) is 23.1 Å². The quantitative estimate of drug-likeness (QED) is 0.784. The van der Waals surface area contributed by atoms with E-state index >= 15 is 0 Å². The number of rotatable bonds is 4. The molecule has 130 valence electrons. The number of nitrogens with zero attached hydrogens (tertiary/aromatic N) is 1. The largest absolute Gasteiger partial charge is 0.444 e. The number of hydrogen-bond donors (Lipinski definition) is 1. The molecule has 1 rings (SSSR count). The van der Waals surface area contributed by atoms with Gasteiger partial charge in [-0.05, 0) is 34.6 Å². The van der Waals surface area contributed by atoms with Crippen LogP contribution >= 0.6 is 7.60 Å². The van der Waals surface area contributed by atoms with Crippen molar-refractivity contribution in [2.75, 3.05) is 20.8 Å². The van der Waals surface area contributed by atoms with Crippen LogP contribution in [0, 0.1) is 0 Å². The van der Waals surface area contributed by atoms with Crippen LogP contribution in [0.5, 0.6) is 0 Å². The first-order valence-corrected chi connectivity index (χ1v) is 8.54. The molecule has 0 bridgehead atoms. The van der Waals surface area contributed by atoms with E-state index in [0.717, 1.165) is 0 Å². The summed E-state index contributed by atoms with van der Waals surface area (Å²) < 4.78 is 32.9. The number of ether oxygens (including phenoxy) is 2. The van der Waals surface area contributed by atoms with Crippen molar-refractivity contribution in [3.8, 4) is 0 Å². The minimum absolute atomic E-state index is 0.00980. The standard InChI is InChI=1S/C13H26NO7P/c1-12(2,3)21-11(16)14-9(8-20-13(14,4)5)10(15)22(17,18-6)19-7/h9-10,15H,8H2,1-7H3/t9-,10+/m0/s1. The fourth-order valence-electron chi connectivity index (χ4n) is 2.22. The van der Waals surface area contributed by atoms with E-state index in [-0.39, 0.29) is 6.61 Å². The van der Waals surface area contributed by atoms with Crippen LogP contribution < -0.4 is 0 Å². The second kappa shape index (κ2) is 6.45. The summed E-state index contributed by atoms with van der Waals surface area (Å²) in [5.74, 6) is -1.54. The molecule has 9 heteroatoms. The maximum absolute atomic E-state index is 12.4. The van der Waals surface area contributed by atoms with Crippen molar-refractivity contribution in [2.24, 2.45) is 0 Å². The number of hydrogen-bond acceptors (Lipinski definition) is 7. The highest BCUT2D eigenvalue weighted by Crippen LogP contribution is 2.53. The molecule has 1 N–H and O–H groups in total. The van der Waals surface area contributed by atoms with Crippen molar-refractivity contribution in [1.29, 1.82) is 0 Å². The number of amides is 1. The van der Waals surface area contributed by atoms with Crippen LogP contribution in [0.1, 0.15) is 34.6 Å². The SMILES string of the molecule is COP(=O)(OC)[C@@H](O)[C@@H]1COC(C)(C)N1C(=O)OC(C)(C)C. The van der Waals surface area contributed by atoms with Gasteiger partial charge in [0.15, 0.2) is 5.85 Å². The molecule has 0 aromatic heterocycles. The van der Waals surface area contributed by atoms with Crippen molar-refractivity contribution in [3.63, 3.8) is 0 Å². The summed E-state index contributed by atoms with van der Waals surface area (Å²) in [7, 11) is -1.43. The lowest BCUT2D eigenvalue weighted by Crippen LogP contribution is -2.53. The molecule has 1 fully saturated rings. The Kier molecular flexibility index (Phi) is 5.69. The minimum atomic E-state index is -3.78. The van der Waals surface area contributed by atoms with Gasteiger partial charge >= 0.3 is 13.7 Å². The Morgan fingerprint density at radius 2 is 1.86 bits per heavy atom. The third kappa shape index (κ3) is 4.00. The van der Waals surface area contributed by atoms with E-state index < -0.39 is 36.9 Å². The van der Waals surface area contributed by atoms with Crippen LogP contribution in [0.15, 0.2) is 0 Å². The van der Waals surface area contributed by atoms with Gasteiger partial charge < -0.3 is 23.6 Å². The number of carbonyl (C=O) groups excluding carboxylic acids is 1. The van der Waals surface area contributed by atoms with Gasteiger partial charge in [0.1, 0.15) is 11.3 Å². The smallest absolute Gasteiger partial charge is 0.413 e. The zero-order valence-electron chi connectivity index (χ0n) is 14.2. The van der Waals surface area contributed by atoms with Crippen LogP contribution in [0.3, 0.4) is 0 Å².